The third kappa shape index (κ3) is 6.69. The molecule has 0 radical (unpaired) electrons. The van der Waals surface area contributed by atoms with Crippen LogP contribution >= 0.6 is 0 Å². The maximum atomic E-state index is 4.17. The van der Waals surface area contributed by atoms with E-state index in [1.807, 2.05) is 0 Å². The molecular formula is C32H51Cl2N2SiZr. The van der Waals surface area contributed by atoms with Crippen molar-refractivity contribution >= 4 is 6.25 Å². The van der Waals surface area contributed by atoms with Crippen molar-refractivity contribution in [1.29, 1.82) is 0 Å². The van der Waals surface area contributed by atoms with Crippen LogP contribution in [0.15, 0.2) is 90.6 Å². The molecule has 0 N–H and O–H groups in total. The Kier molecular flexibility index (Phi) is 14.8. The third-order valence-electron chi connectivity index (χ3n) is 9.07. The van der Waals surface area contributed by atoms with Gasteiger partial charge in [-0.2, -0.15) is 0 Å². The molecule has 0 atom stereocenters. The number of nitrogens with zero attached hydrogens (tertiary/aromatic N) is 2. The van der Waals surface area contributed by atoms with Crippen LogP contribution in [0, 0.1) is 10.8 Å². The summed E-state index contributed by atoms with van der Waals surface area (Å²) in [5.41, 5.74) is 9.43. The van der Waals surface area contributed by atoms with Gasteiger partial charge >= 0.3 is 233 Å². The minimum absolute atomic E-state index is 0. The molecule has 0 amide bonds. The summed E-state index contributed by atoms with van der Waals surface area (Å²) >= 11 is -2.60. The fourth-order valence-electron chi connectivity index (χ4n) is 6.46. The van der Waals surface area contributed by atoms with Crippen molar-refractivity contribution in [1.82, 2.24) is 9.13 Å². The van der Waals surface area contributed by atoms with E-state index in [0.29, 0.717) is 0 Å². The molecule has 0 aromatic carbocycles. The number of allylic oxidation sites excluding steroid dienone is 8. The van der Waals surface area contributed by atoms with E-state index in [1.165, 1.54) is 11.1 Å². The summed E-state index contributed by atoms with van der Waals surface area (Å²) in [5.74, 6) is 0. The van der Waals surface area contributed by atoms with E-state index >= 15 is 0 Å². The SMILES string of the molecule is C=CCN(CC=C)[SiH](N(CC=C)CC=C)[Zr+2]([C]1=C(C)C(C)=C(C)C1(C)C)[C]1=C(C)C(C)=C(C)C1(C)C.[Cl-].[Cl-]. The van der Waals surface area contributed by atoms with Crippen LogP contribution in [0.25, 0.3) is 0 Å². The van der Waals surface area contributed by atoms with E-state index in [2.05, 4.69) is 129 Å². The van der Waals surface area contributed by atoms with Crippen molar-refractivity contribution in [3.05, 3.63) is 90.6 Å². The van der Waals surface area contributed by atoms with E-state index < -0.39 is 27.2 Å². The predicted molar refractivity (Wildman–Crippen MR) is 161 cm³/mol. The van der Waals surface area contributed by atoms with Crippen LogP contribution in [0.2, 0.25) is 0 Å². The Labute approximate surface area is 256 Å². The predicted octanol–water partition coefficient (Wildman–Crippen LogP) is 1.98. The monoisotopic (exact) mass is 651 g/mol. The summed E-state index contributed by atoms with van der Waals surface area (Å²) in [6, 6.07) is 0. The van der Waals surface area contributed by atoms with Gasteiger partial charge in [0.1, 0.15) is 0 Å². The quantitative estimate of drug-likeness (QED) is 0.222. The Balaban J connectivity index is 0.00000684. The van der Waals surface area contributed by atoms with Gasteiger partial charge in [0.25, 0.3) is 0 Å². The molecule has 0 heterocycles. The van der Waals surface area contributed by atoms with Crippen LogP contribution < -0.4 is 24.8 Å². The van der Waals surface area contributed by atoms with Gasteiger partial charge < -0.3 is 24.8 Å². The van der Waals surface area contributed by atoms with Crippen molar-refractivity contribution in [2.75, 3.05) is 26.2 Å². The zero-order valence-corrected chi connectivity index (χ0v) is 30.8. The van der Waals surface area contributed by atoms with Gasteiger partial charge in [0.05, 0.1) is 0 Å². The van der Waals surface area contributed by atoms with Gasteiger partial charge in [-0.25, -0.2) is 0 Å². The average molecular weight is 654 g/mol. The van der Waals surface area contributed by atoms with E-state index in [4.69, 9.17) is 0 Å². The first-order valence-electron chi connectivity index (χ1n) is 13.3. The number of hydrogen-bond acceptors (Lipinski definition) is 2. The topological polar surface area (TPSA) is 6.48 Å². The Morgan fingerprint density at radius 3 is 1.03 bits per heavy atom. The molecule has 2 aliphatic rings. The molecule has 211 valence electrons. The molecule has 2 rings (SSSR count). The molecule has 0 aliphatic heterocycles. The minimum Gasteiger partial charge on any atom is -1.00 e. The third-order valence-corrected chi connectivity index (χ3v) is 32.0. The summed E-state index contributed by atoms with van der Waals surface area (Å²) in [5, 5.41) is 0. The summed E-state index contributed by atoms with van der Waals surface area (Å²) in [7, 11) is 0. The summed E-state index contributed by atoms with van der Waals surface area (Å²) in [6.07, 6.45) is 6.68. The van der Waals surface area contributed by atoms with Crippen LogP contribution in [0.3, 0.4) is 0 Å². The molecular weight excluding hydrogens is 603 g/mol. The molecule has 38 heavy (non-hydrogen) atoms. The summed E-state index contributed by atoms with van der Waals surface area (Å²) in [4.78, 5) is 0. The van der Waals surface area contributed by atoms with E-state index in [1.54, 1.807) is 28.9 Å². The molecule has 0 fully saturated rings. The van der Waals surface area contributed by atoms with Gasteiger partial charge in [-0.1, -0.05) is 0 Å². The van der Waals surface area contributed by atoms with Crippen LogP contribution in [0.1, 0.15) is 69.2 Å². The number of hydrogen-bond donors (Lipinski definition) is 0. The fourth-order valence-corrected chi connectivity index (χ4v) is 36.4. The molecule has 2 aliphatic carbocycles. The second-order valence-corrected chi connectivity index (χ2v) is 25.5. The van der Waals surface area contributed by atoms with Crippen molar-refractivity contribution in [3.8, 4) is 0 Å². The Bertz CT molecular complexity index is 959. The van der Waals surface area contributed by atoms with E-state index in [9.17, 15) is 0 Å². The normalized spacial score (nSPS) is 18.3. The fraction of sp³-hybridized carbons (Fsp3) is 0.500. The van der Waals surface area contributed by atoms with Gasteiger partial charge in [-0.15, -0.1) is 0 Å². The molecule has 0 aromatic rings. The van der Waals surface area contributed by atoms with E-state index in [-0.39, 0.29) is 35.6 Å². The van der Waals surface area contributed by atoms with Crippen LogP contribution in [0.5, 0.6) is 0 Å². The second-order valence-electron chi connectivity index (χ2n) is 11.6. The molecule has 6 heteroatoms. The average Bonchev–Trinajstić information content (AvgIpc) is 3.05. The van der Waals surface area contributed by atoms with Crippen molar-refractivity contribution in [2.45, 2.75) is 69.2 Å². The molecule has 0 aromatic heterocycles. The van der Waals surface area contributed by atoms with Crippen molar-refractivity contribution in [2.24, 2.45) is 10.8 Å². The van der Waals surface area contributed by atoms with Gasteiger partial charge in [0, 0.05) is 0 Å². The second kappa shape index (κ2) is 14.9. The molecule has 0 saturated heterocycles. The van der Waals surface area contributed by atoms with Gasteiger partial charge in [0.2, 0.25) is 0 Å². The van der Waals surface area contributed by atoms with Gasteiger partial charge in [-0.3, -0.25) is 0 Å². The van der Waals surface area contributed by atoms with Gasteiger partial charge in [-0.05, 0) is 0 Å². The van der Waals surface area contributed by atoms with Gasteiger partial charge in [0.15, 0.2) is 0 Å². The molecule has 0 bridgehead atoms. The zero-order chi connectivity index (χ0) is 27.6. The first-order chi connectivity index (χ1) is 16.7. The van der Waals surface area contributed by atoms with E-state index in [0.717, 1.165) is 26.2 Å². The minimum atomic E-state index is -2.60. The van der Waals surface area contributed by atoms with Crippen LogP contribution in [0.4, 0.5) is 0 Å². The van der Waals surface area contributed by atoms with Crippen molar-refractivity contribution in [3.63, 3.8) is 0 Å². The van der Waals surface area contributed by atoms with Crippen LogP contribution in [-0.2, 0) is 20.9 Å². The maximum absolute atomic E-state index is 4.17. The Morgan fingerprint density at radius 2 is 0.842 bits per heavy atom. The number of rotatable bonds is 13. The summed E-state index contributed by atoms with van der Waals surface area (Å²) < 4.78 is 9.14. The standard InChI is InChI=1S/C12H21N2Si.2C10H15.2ClH.Zr/c1-5-9-13(10-6-2)15-14(11-7-3)12-8-4;2*1-7-6-10(4,5)9(3)8(7)2;;;/h5-8,15H,1-4,9-12H2;2*1-5H3;2*1H;/q;;;;;+2/p-2. The number of halogens is 2. The molecule has 2 nitrogen and oxygen atoms in total. The van der Waals surface area contributed by atoms with Crippen molar-refractivity contribution < 1.29 is 45.7 Å². The maximum Gasteiger partial charge on any atom is -1.00 e. The molecule has 0 spiro atoms. The first kappa shape index (κ1) is 37.5. The smallest absolute Gasteiger partial charge is 1.00 e. The first-order valence-corrected chi connectivity index (χ1v) is 21.7. The Morgan fingerprint density at radius 1 is 0.579 bits per heavy atom. The largest absolute Gasteiger partial charge is 1.00 e. The molecule has 0 unspecified atom stereocenters. The van der Waals surface area contributed by atoms with Crippen LogP contribution in [-0.4, -0.2) is 41.6 Å². The molecule has 0 saturated carbocycles. The summed E-state index contributed by atoms with van der Waals surface area (Å²) in [6.45, 7) is 44.5. The Hall–Kier alpha value is -0.480. The zero-order valence-electron chi connectivity index (χ0n) is 25.7.